The number of rotatable bonds is 6. The highest BCUT2D eigenvalue weighted by molar-refractivity contribution is 6.31. The summed E-state index contributed by atoms with van der Waals surface area (Å²) in [5.41, 5.74) is 3.93. The van der Waals surface area contributed by atoms with Crippen LogP contribution in [0.4, 0.5) is 11.4 Å². The number of anilines is 2. The highest BCUT2D eigenvalue weighted by Gasteiger charge is 2.22. The van der Waals surface area contributed by atoms with Crippen molar-refractivity contribution in [3.8, 4) is 0 Å². The molecule has 2 aromatic rings. The number of nitrogens with one attached hydrogen (secondary N) is 2. The summed E-state index contributed by atoms with van der Waals surface area (Å²) in [6.45, 7) is 1.49. The predicted molar refractivity (Wildman–Crippen MR) is 122 cm³/mol. The van der Waals surface area contributed by atoms with Gasteiger partial charge in [-0.3, -0.25) is 14.4 Å². The third kappa shape index (κ3) is 5.25. The molecule has 0 aliphatic carbocycles. The van der Waals surface area contributed by atoms with Crippen LogP contribution < -0.4 is 10.6 Å². The lowest BCUT2D eigenvalue weighted by Crippen LogP contribution is -2.36. The Balaban J connectivity index is 1.35. The van der Waals surface area contributed by atoms with Gasteiger partial charge in [0, 0.05) is 30.2 Å². The molecule has 0 aromatic heterocycles. The van der Waals surface area contributed by atoms with Crippen molar-refractivity contribution in [1.82, 2.24) is 4.90 Å². The summed E-state index contributed by atoms with van der Waals surface area (Å²) < 4.78 is 0. The maximum atomic E-state index is 12.9. The van der Waals surface area contributed by atoms with E-state index < -0.39 is 0 Å². The van der Waals surface area contributed by atoms with E-state index >= 15 is 0 Å². The van der Waals surface area contributed by atoms with E-state index in [2.05, 4.69) is 10.6 Å². The summed E-state index contributed by atoms with van der Waals surface area (Å²) in [6.07, 6.45) is 5.31. The van der Waals surface area contributed by atoms with Crippen LogP contribution in [-0.2, 0) is 22.4 Å². The molecule has 162 valence electrons. The van der Waals surface area contributed by atoms with Crippen LogP contribution in [0.3, 0.4) is 0 Å². The largest absolute Gasteiger partial charge is 0.339 e. The standard InChI is InChI=1S/C24H26ClN3O3/c25-18-8-9-19(24(31)28-11-2-1-3-12-28)21(15-18)27-22(29)6-4-5-16-7-10-20-17(13-16)14-23(30)26-20/h7-10,13,15H,1-6,11-12,14H2,(H,26,30)(H,27,29). The highest BCUT2D eigenvalue weighted by Crippen LogP contribution is 2.26. The predicted octanol–water partition coefficient (Wildman–Crippen LogP) is 4.42. The number of piperidine rings is 1. The SMILES string of the molecule is O=C1Cc2cc(CCCC(=O)Nc3cc(Cl)ccc3C(=O)N3CCCCC3)ccc2N1. The minimum atomic E-state index is -0.145. The van der Waals surface area contributed by atoms with Crippen molar-refractivity contribution >= 4 is 40.7 Å². The van der Waals surface area contributed by atoms with Gasteiger partial charge in [-0.05, 0) is 67.5 Å². The molecule has 0 spiro atoms. The van der Waals surface area contributed by atoms with Crippen molar-refractivity contribution in [2.45, 2.75) is 44.9 Å². The van der Waals surface area contributed by atoms with Crippen LogP contribution in [0.15, 0.2) is 36.4 Å². The Labute approximate surface area is 187 Å². The van der Waals surface area contributed by atoms with Crippen LogP contribution in [0.25, 0.3) is 0 Å². The third-order valence-electron chi connectivity index (χ3n) is 5.79. The minimum Gasteiger partial charge on any atom is -0.339 e. The van der Waals surface area contributed by atoms with Gasteiger partial charge in [-0.2, -0.15) is 0 Å². The second-order valence-corrected chi connectivity index (χ2v) is 8.60. The average molecular weight is 440 g/mol. The second kappa shape index (κ2) is 9.52. The lowest BCUT2D eigenvalue weighted by molar-refractivity contribution is -0.116. The molecule has 2 aliphatic rings. The first kappa shape index (κ1) is 21.4. The van der Waals surface area contributed by atoms with Gasteiger partial charge in [0.2, 0.25) is 11.8 Å². The fourth-order valence-electron chi connectivity index (χ4n) is 4.18. The molecule has 2 aliphatic heterocycles. The number of amides is 3. The molecule has 2 heterocycles. The lowest BCUT2D eigenvalue weighted by Gasteiger charge is -2.27. The van der Waals surface area contributed by atoms with Crippen LogP contribution in [0.2, 0.25) is 5.02 Å². The van der Waals surface area contributed by atoms with E-state index in [4.69, 9.17) is 11.6 Å². The van der Waals surface area contributed by atoms with Crippen LogP contribution in [0.1, 0.15) is 53.6 Å². The van der Waals surface area contributed by atoms with Crippen molar-refractivity contribution in [2.24, 2.45) is 0 Å². The van der Waals surface area contributed by atoms with E-state index in [0.29, 0.717) is 35.5 Å². The Morgan fingerprint density at radius 2 is 1.87 bits per heavy atom. The summed E-state index contributed by atoms with van der Waals surface area (Å²) in [5.74, 6) is -0.191. The number of hydrogen-bond donors (Lipinski definition) is 2. The number of likely N-dealkylation sites (tertiary alicyclic amines) is 1. The van der Waals surface area contributed by atoms with Gasteiger partial charge in [-0.15, -0.1) is 0 Å². The first-order chi connectivity index (χ1) is 15.0. The summed E-state index contributed by atoms with van der Waals surface area (Å²) in [5, 5.41) is 6.18. The zero-order valence-electron chi connectivity index (χ0n) is 17.4. The van der Waals surface area contributed by atoms with E-state index in [-0.39, 0.29) is 17.7 Å². The normalized spacial score (nSPS) is 15.4. The topological polar surface area (TPSA) is 78.5 Å². The lowest BCUT2D eigenvalue weighted by atomic mass is 10.0. The molecule has 4 rings (SSSR count). The monoisotopic (exact) mass is 439 g/mol. The molecule has 3 amide bonds. The first-order valence-corrected chi connectivity index (χ1v) is 11.2. The first-order valence-electron chi connectivity index (χ1n) is 10.8. The molecule has 1 fully saturated rings. The molecule has 0 bridgehead atoms. The fourth-order valence-corrected chi connectivity index (χ4v) is 4.35. The molecule has 31 heavy (non-hydrogen) atoms. The molecule has 1 saturated heterocycles. The van der Waals surface area contributed by atoms with Gasteiger partial charge in [-0.25, -0.2) is 0 Å². The van der Waals surface area contributed by atoms with Crippen LogP contribution in [0.5, 0.6) is 0 Å². The Kier molecular flexibility index (Phi) is 6.56. The van der Waals surface area contributed by atoms with E-state index in [1.54, 1.807) is 18.2 Å². The maximum Gasteiger partial charge on any atom is 0.255 e. The van der Waals surface area contributed by atoms with Gasteiger partial charge in [-0.1, -0.05) is 23.7 Å². The van der Waals surface area contributed by atoms with Crippen molar-refractivity contribution in [3.63, 3.8) is 0 Å². The number of aryl methyl sites for hydroxylation is 1. The zero-order chi connectivity index (χ0) is 21.8. The van der Waals surface area contributed by atoms with Crippen molar-refractivity contribution < 1.29 is 14.4 Å². The van der Waals surface area contributed by atoms with Crippen LogP contribution in [-0.4, -0.2) is 35.7 Å². The molecule has 0 radical (unpaired) electrons. The Morgan fingerprint density at radius 3 is 2.68 bits per heavy atom. The molecule has 2 N–H and O–H groups in total. The smallest absolute Gasteiger partial charge is 0.255 e. The van der Waals surface area contributed by atoms with Gasteiger partial charge < -0.3 is 15.5 Å². The number of hydrogen-bond acceptors (Lipinski definition) is 3. The Bertz CT molecular complexity index is 1020. The van der Waals surface area contributed by atoms with E-state index in [0.717, 1.165) is 55.6 Å². The van der Waals surface area contributed by atoms with Gasteiger partial charge in [0.1, 0.15) is 0 Å². The van der Waals surface area contributed by atoms with Crippen molar-refractivity contribution in [2.75, 3.05) is 23.7 Å². The third-order valence-corrected chi connectivity index (χ3v) is 6.03. The molecule has 7 heteroatoms. The summed E-state index contributed by atoms with van der Waals surface area (Å²) in [7, 11) is 0. The summed E-state index contributed by atoms with van der Waals surface area (Å²) >= 11 is 6.13. The molecule has 6 nitrogen and oxygen atoms in total. The molecular formula is C24H26ClN3O3. The summed E-state index contributed by atoms with van der Waals surface area (Å²) in [6, 6.07) is 10.9. The fraction of sp³-hybridized carbons (Fsp3) is 0.375. The van der Waals surface area contributed by atoms with Crippen molar-refractivity contribution in [3.05, 3.63) is 58.1 Å². The van der Waals surface area contributed by atoms with E-state index in [9.17, 15) is 14.4 Å². The average Bonchev–Trinajstić information content (AvgIpc) is 3.13. The summed E-state index contributed by atoms with van der Waals surface area (Å²) in [4.78, 5) is 38.8. The van der Waals surface area contributed by atoms with Crippen LogP contribution >= 0.6 is 11.6 Å². The van der Waals surface area contributed by atoms with Crippen molar-refractivity contribution in [1.29, 1.82) is 0 Å². The number of nitrogens with zero attached hydrogens (tertiary/aromatic N) is 1. The number of fused-ring (bicyclic) bond motifs is 1. The van der Waals surface area contributed by atoms with Gasteiger partial charge in [0.05, 0.1) is 17.7 Å². The molecule has 2 aromatic carbocycles. The molecule has 0 atom stereocenters. The zero-order valence-corrected chi connectivity index (χ0v) is 18.1. The van der Waals surface area contributed by atoms with E-state index in [1.165, 1.54) is 0 Å². The maximum absolute atomic E-state index is 12.9. The number of benzene rings is 2. The Hall–Kier alpha value is -2.86. The Morgan fingerprint density at radius 1 is 1.06 bits per heavy atom. The van der Waals surface area contributed by atoms with Gasteiger partial charge >= 0.3 is 0 Å². The van der Waals surface area contributed by atoms with Gasteiger partial charge in [0.15, 0.2) is 0 Å². The number of carbonyl (C=O) groups is 3. The van der Waals surface area contributed by atoms with Gasteiger partial charge in [0.25, 0.3) is 5.91 Å². The second-order valence-electron chi connectivity index (χ2n) is 8.16. The van der Waals surface area contributed by atoms with E-state index in [1.807, 2.05) is 23.1 Å². The van der Waals surface area contributed by atoms with Crippen LogP contribution in [0, 0.1) is 0 Å². The molecule has 0 saturated carbocycles. The number of halogens is 1. The quantitative estimate of drug-likeness (QED) is 0.699. The molecule has 0 unspecified atom stereocenters. The minimum absolute atomic E-state index is 0.0166. The molecular weight excluding hydrogens is 414 g/mol. The highest BCUT2D eigenvalue weighted by atomic mass is 35.5. The number of carbonyl (C=O) groups excluding carboxylic acids is 3.